The van der Waals surface area contributed by atoms with E-state index < -0.39 is 22.7 Å². The molecule has 51 heavy (non-hydrogen) atoms. The van der Waals surface area contributed by atoms with Gasteiger partial charge in [0.1, 0.15) is 5.60 Å². The second kappa shape index (κ2) is 15.1. The molecule has 2 bridgehead atoms. The van der Waals surface area contributed by atoms with Crippen molar-refractivity contribution in [2.24, 2.45) is 11.3 Å². The van der Waals surface area contributed by atoms with Crippen LogP contribution >= 0.6 is 0 Å². The maximum Gasteiger partial charge on any atom is 0.166 e. The number of Topliss-reactive ketones (excluding diaryl/α,β-unsaturated/α-hetero) is 1. The molecule has 3 aromatic rings. The van der Waals surface area contributed by atoms with Crippen LogP contribution in [0.4, 0.5) is 0 Å². The minimum Gasteiger partial charge on any atom is -0.393 e. The molecule has 8 rings (SSSR count). The molecule has 4 aliphatic carbocycles. The first-order valence-corrected chi connectivity index (χ1v) is 19.9. The van der Waals surface area contributed by atoms with Crippen LogP contribution < -0.4 is 0 Å². The quantitative estimate of drug-likeness (QED) is 0.171. The van der Waals surface area contributed by atoms with Gasteiger partial charge in [-0.25, -0.2) is 0 Å². The Kier molecular flexibility index (Phi) is 10.7. The number of hydrogen-bond donors (Lipinski definition) is 3. The SMILES string of the molecule is CC1=CCCC2(C)C(CCC2(O)CN2CCCC2C(O)(c2ccccc2)c2ccccc2)c2ccc(cc2C(=O)C2CCCCC2)CC(O)CC1. The fourth-order valence-corrected chi connectivity index (χ4v) is 10.6. The van der Waals surface area contributed by atoms with E-state index in [2.05, 4.69) is 43.0 Å². The number of nitrogens with zero attached hydrogens (tertiary/aromatic N) is 1. The summed E-state index contributed by atoms with van der Waals surface area (Å²) >= 11 is 0. The number of allylic oxidation sites excluding steroid dienone is 2. The van der Waals surface area contributed by atoms with E-state index in [0.29, 0.717) is 25.8 Å². The molecule has 5 atom stereocenters. The molecule has 3 fully saturated rings. The molecule has 0 amide bonds. The van der Waals surface area contributed by atoms with E-state index in [0.717, 1.165) is 98.6 Å². The molecule has 1 aliphatic heterocycles. The Bertz CT molecular complexity index is 1640. The number of β-amino-alcohol motifs (C(OH)–C–C–N with tert-alkyl or cyclic N) is 1. The lowest BCUT2D eigenvalue weighted by molar-refractivity contribution is -0.101. The fourth-order valence-electron chi connectivity index (χ4n) is 10.6. The minimum atomic E-state index is -1.22. The molecule has 1 saturated heterocycles. The molecule has 0 spiro atoms. The van der Waals surface area contributed by atoms with E-state index >= 15 is 0 Å². The van der Waals surface area contributed by atoms with Crippen molar-refractivity contribution in [3.63, 3.8) is 0 Å². The van der Waals surface area contributed by atoms with Gasteiger partial charge in [-0.15, -0.1) is 0 Å². The van der Waals surface area contributed by atoms with Crippen molar-refractivity contribution in [2.45, 2.75) is 133 Å². The average Bonchev–Trinajstić information content (AvgIpc) is 3.72. The molecule has 5 nitrogen and oxygen atoms in total. The average molecular weight is 690 g/mol. The highest BCUT2D eigenvalue weighted by molar-refractivity contribution is 5.99. The van der Waals surface area contributed by atoms with Gasteiger partial charge in [-0.05, 0) is 118 Å². The Labute approximate surface area is 305 Å². The fraction of sp³-hybridized carbons (Fsp3) is 0.543. The first-order valence-electron chi connectivity index (χ1n) is 19.9. The molecule has 2 saturated carbocycles. The molecule has 3 aromatic carbocycles. The molecule has 272 valence electrons. The highest BCUT2D eigenvalue weighted by Gasteiger charge is 2.59. The van der Waals surface area contributed by atoms with Gasteiger partial charge in [-0.2, -0.15) is 0 Å². The Hall–Kier alpha value is -3.09. The third-order valence-corrected chi connectivity index (χ3v) is 13.7. The van der Waals surface area contributed by atoms with Crippen molar-refractivity contribution < 1.29 is 20.1 Å². The maximum atomic E-state index is 14.5. The zero-order valence-corrected chi connectivity index (χ0v) is 30.9. The lowest BCUT2D eigenvalue weighted by atomic mass is 9.64. The molecule has 5 heteroatoms. The number of carbonyl (C=O) groups is 1. The predicted octanol–water partition coefficient (Wildman–Crippen LogP) is 8.89. The number of ketones is 1. The number of benzene rings is 3. The van der Waals surface area contributed by atoms with E-state index in [4.69, 9.17) is 0 Å². The van der Waals surface area contributed by atoms with Crippen molar-refractivity contribution in [1.29, 1.82) is 0 Å². The van der Waals surface area contributed by atoms with E-state index in [1.165, 1.54) is 12.0 Å². The van der Waals surface area contributed by atoms with Crippen LogP contribution in [0.3, 0.4) is 0 Å². The smallest absolute Gasteiger partial charge is 0.166 e. The summed E-state index contributed by atoms with van der Waals surface area (Å²) in [6.07, 6.45) is 14.1. The van der Waals surface area contributed by atoms with Gasteiger partial charge < -0.3 is 15.3 Å². The summed E-state index contributed by atoms with van der Waals surface area (Å²) in [6.45, 7) is 5.75. The lowest BCUT2D eigenvalue weighted by Crippen LogP contribution is -2.57. The Morgan fingerprint density at radius 2 is 1.55 bits per heavy atom. The zero-order chi connectivity index (χ0) is 35.6. The molecule has 3 N–H and O–H groups in total. The number of aliphatic hydroxyl groups is 3. The van der Waals surface area contributed by atoms with Gasteiger partial charge in [0.2, 0.25) is 0 Å². The van der Waals surface area contributed by atoms with Crippen molar-refractivity contribution >= 4 is 5.78 Å². The maximum absolute atomic E-state index is 14.5. The van der Waals surface area contributed by atoms with Gasteiger partial charge in [-0.3, -0.25) is 9.69 Å². The van der Waals surface area contributed by atoms with Crippen LogP contribution in [-0.2, 0) is 12.0 Å². The first kappa shape index (κ1) is 36.3. The van der Waals surface area contributed by atoms with Crippen LogP contribution in [-0.4, -0.2) is 56.8 Å². The Balaban J connectivity index is 1.28. The van der Waals surface area contributed by atoms with E-state index in [1.54, 1.807) is 0 Å². The number of rotatable bonds is 7. The summed E-state index contributed by atoms with van der Waals surface area (Å²) in [6, 6.07) is 26.4. The van der Waals surface area contributed by atoms with E-state index in [1.807, 2.05) is 60.7 Å². The van der Waals surface area contributed by atoms with Crippen molar-refractivity contribution in [3.8, 4) is 0 Å². The number of fused-ring (bicyclic) bond motifs is 8. The molecule has 5 aliphatic rings. The van der Waals surface area contributed by atoms with Gasteiger partial charge in [0.05, 0.1) is 11.7 Å². The topological polar surface area (TPSA) is 81.0 Å². The predicted molar refractivity (Wildman–Crippen MR) is 205 cm³/mol. The third kappa shape index (κ3) is 7.04. The zero-order valence-electron chi connectivity index (χ0n) is 30.9. The van der Waals surface area contributed by atoms with Crippen LogP contribution in [0.2, 0.25) is 0 Å². The highest BCUT2D eigenvalue weighted by atomic mass is 16.3. The molecular formula is C46H59NO4. The van der Waals surface area contributed by atoms with Crippen molar-refractivity contribution in [3.05, 3.63) is 118 Å². The molecule has 0 aromatic heterocycles. The minimum absolute atomic E-state index is 0.0174. The van der Waals surface area contributed by atoms with Crippen LogP contribution in [0.1, 0.15) is 136 Å². The second-order valence-corrected chi connectivity index (χ2v) is 16.8. The van der Waals surface area contributed by atoms with Crippen molar-refractivity contribution in [2.75, 3.05) is 13.1 Å². The summed E-state index contributed by atoms with van der Waals surface area (Å²) < 4.78 is 0. The van der Waals surface area contributed by atoms with E-state index in [9.17, 15) is 20.1 Å². The van der Waals surface area contributed by atoms with Gasteiger partial charge in [0, 0.05) is 29.5 Å². The largest absolute Gasteiger partial charge is 0.393 e. The second-order valence-electron chi connectivity index (χ2n) is 16.8. The molecule has 0 radical (unpaired) electrons. The summed E-state index contributed by atoms with van der Waals surface area (Å²) in [5, 5.41) is 37.1. The van der Waals surface area contributed by atoms with Crippen LogP contribution in [0.5, 0.6) is 0 Å². The van der Waals surface area contributed by atoms with Crippen LogP contribution in [0, 0.1) is 11.3 Å². The third-order valence-electron chi connectivity index (χ3n) is 13.7. The first-order chi connectivity index (χ1) is 24.6. The molecule has 5 unspecified atom stereocenters. The number of carbonyl (C=O) groups excluding carboxylic acids is 1. The standard InChI is InChI=1S/C46H59NO4/c1-33-14-12-27-44(2)41(39-25-23-34(30-38(48)24-22-33)31-40(39)43(49)35-15-6-3-7-16-35)26-28-45(44,50)32-47-29-13-21-42(47)46(51,36-17-8-4-9-18-36)37-19-10-5-11-20-37/h4-5,8-11,14,17-20,23,25,31,35,38,41-42,48,50-51H,3,6-7,12-13,15-16,21-22,24,26-30,32H2,1-2H3. The number of likely N-dealkylation sites (tertiary alicyclic amines) is 1. The van der Waals surface area contributed by atoms with Gasteiger partial charge in [-0.1, -0.05) is 111 Å². The van der Waals surface area contributed by atoms with Crippen LogP contribution in [0.25, 0.3) is 0 Å². The summed E-state index contributed by atoms with van der Waals surface area (Å²) in [7, 11) is 0. The Morgan fingerprint density at radius 3 is 2.24 bits per heavy atom. The van der Waals surface area contributed by atoms with E-state index in [-0.39, 0.29) is 23.7 Å². The van der Waals surface area contributed by atoms with Crippen molar-refractivity contribution in [1.82, 2.24) is 4.90 Å². The van der Waals surface area contributed by atoms with Crippen LogP contribution in [0.15, 0.2) is 90.5 Å². The lowest BCUT2D eigenvalue weighted by Gasteiger charge is -2.48. The summed E-state index contributed by atoms with van der Waals surface area (Å²) in [5.41, 5.74) is 3.24. The van der Waals surface area contributed by atoms with Gasteiger partial charge in [0.15, 0.2) is 5.78 Å². The number of aliphatic hydroxyl groups excluding tert-OH is 1. The number of hydrogen-bond acceptors (Lipinski definition) is 5. The molecular weight excluding hydrogens is 631 g/mol. The molecule has 1 heterocycles. The van der Waals surface area contributed by atoms with Gasteiger partial charge in [0.25, 0.3) is 0 Å². The Morgan fingerprint density at radius 1 is 0.863 bits per heavy atom. The highest BCUT2D eigenvalue weighted by Crippen LogP contribution is 2.59. The monoisotopic (exact) mass is 689 g/mol. The summed E-state index contributed by atoms with van der Waals surface area (Å²) in [5.74, 6) is 0.327. The normalized spacial score (nSPS) is 29.7. The summed E-state index contributed by atoms with van der Waals surface area (Å²) in [4.78, 5) is 16.8. The van der Waals surface area contributed by atoms with Gasteiger partial charge >= 0.3 is 0 Å².